The lowest BCUT2D eigenvalue weighted by molar-refractivity contribution is -0.143. The number of nitrogens with one attached hydrogen (secondary N) is 1. The van der Waals surface area contributed by atoms with Gasteiger partial charge in [-0.25, -0.2) is 4.39 Å². The van der Waals surface area contributed by atoms with Gasteiger partial charge in [0.05, 0.1) is 5.56 Å². The summed E-state index contributed by atoms with van der Waals surface area (Å²) in [6, 6.07) is 4.49. The van der Waals surface area contributed by atoms with Gasteiger partial charge in [-0.3, -0.25) is 0 Å². The van der Waals surface area contributed by atoms with Crippen LogP contribution in [0.2, 0.25) is 0 Å². The van der Waals surface area contributed by atoms with E-state index < -0.39 is 29.5 Å². The van der Waals surface area contributed by atoms with E-state index >= 15 is 0 Å². The summed E-state index contributed by atoms with van der Waals surface area (Å²) in [5.74, 6) is -2.96. The molecular weight excluding hydrogens is 269 g/mol. The van der Waals surface area contributed by atoms with Crippen molar-refractivity contribution in [2.75, 3.05) is 0 Å². The van der Waals surface area contributed by atoms with E-state index in [2.05, 4.69) is 4.98 Å². The van der Waals surface area contributed by atoms with E-state index in [1.54, 1.807) is 4.98 Å². The minimum atomic E-state index is -4.91. The number of nitriles is 1. The van der Waals surface area contributed by atoms with Crippen LogP contribution in [0.4, 0.5) is 22.0 Å². The first-order valence-electron chi connectivity index (χ1n) is 4.85. The second kappa shape index (κ2) is 4.35. The number of hydrogen-bond acceptors (Lipinski definition) is 2. The maximum atomic E-state index is 13.1. The Morgan fingerprint density at radius 3 is 2.42 bits per heavy atom. The van der Waals surface area contributed by atoms with Crippen LogP contribution in [0.1, 0.15) is 11.3 Å². The fourth-order valence-electron chi connectivity index (χ4n) is 1.43. The number of halogens is 5. The smallest absolute Gasteiger partial charge is 0.332 e. The Kier molecular flexibility index (Phi) is 2.98. The van der Waals surface area contributed by atoms with Crippen LogP contribution >= 0.6 is 0 Å². The topological polar surface area (TPSA) is 52.5 Å². The number of alkyl halides is 3. The van der Waals surface area contributed by atoms with Crippen LogP contribution in [-0.2, 0) is 6.18 Å². The van der Waals surface area contributed by atoms with Crippen molar-refractivity contribution in [3.8, 4) is 17.5 Å². The van der Waals surface area contributed by atoms with Gasteiger partial charge in [0.1, 0.15) is 17.7 Å². The lowest BCUT2D eigenvalue weighted by Crippen LogP contribution is -2.07. The molecule has 0 radical (unpaired) electrons. The fraction of sp³-hybridized carbons (Fsp3) is 0.0909. The molecule has 0 bridgehead atoms. The Balaban J connectivity index is 2.52. The summed E-state index contributed by atoms with van der Waals surface area (Å²) in [5, 5.41) is 8.60. The summed E-state index contributed by atoms with van der Waals surface area (Å²) in [6.45, 7) is 0. The second-order valence-corrected chi connectivity index (χ2v) is 3.56. The van der Waals surface area contributed by atoms with Crippen molar-refractivity contribution in [3.05, 3.63) is 41.2 Å². The molecule has 0 aliphatic rings. The summed E-state index contributed by atoms with van der Waals surface area (Å²) < 4.78 is 63.2. The SMILES string of the molecule is N#Cc1cc(-c2nc(F)c(C(F)(F)F)[nH]2)ccc1F. The Morgan fingerprint density at radius 1 is 1.21 bits per heavy atom. The molecule has 2 rings (SSSR count). The van der Waals surface area contributed by atoms with Crippen LogP contribution in [0.3, 0.4) is 0 Å². The number of benzene rings is 1. The van der Waals surface area contributed by atoms with Crippen molar-refractivity contribution in [3.63, 3.8) is 0 Å². The molecular formula is C11H4F5N3. The molecule has 1 heterocycles. The number of aromatic amines is 1. The van der Waals surface area contributed by atoms with Crippen molar-refractivity contribution in [1.82, 2.24) is 9.97 Å². The molecule has 0 saturated heterocycles. The molecule has 2 aromatic rings. The van der Waals surface area contributed by atoms with Crippen molar-refractivity contribution < 1.29 is 22.0 Å². The molecule has 0 atom stereocenters. The zero-order chi connectivity index (χ0) is 14.2. The van der Waals surface area contributed by atoms with E-state index in [9.17, 15) is 22.0 Å². The van der Waals surface area contributed by atoms with Gasteiger partial charge in [0.2, 0.25) is 5.95 Å². The van der Waals surface area contributed by atoms with Gasteiger partial charge in [-0.15, -0.1) is 0 Å². The highest BCUT2D eigenvalue weighted by molar-refractivity contribution is 5.58. The average Bonchev–Trinajstić information content (AvgIpc) is 2.72. The molecule has 0 aliphatic heterocycles. The minimum absolute atomic E-state index is 0.0210. The fourth-order valence-corrected chi connectivity index (χ4v) is 1.43. The maximum Gasteiger partial charge on any atom is 0.435 e. The first kappa shape index (κ1) is 13.0. The molecule has 0 fully saturated rings. The van der Waals surface area contributed by atoms with Gasteiger partial charge in [-0.2, -0.15) is 27.8 Å². The molecule has 1 aromatic heterocycles. The van der Waals surface area contributed by atoms with E-state index in [-0.39, 0.29) is 11.1 Å². The van der Waals surface area contributed by atoms with Gasteiger partial charge in [-0.1, -0.05) is 0 Å². The van der Waals surface area contributed by atoms with E-state index in [0.29, 0.717) is 0 Å². The highest BCUT2D eigenvalue weighted by atomic mass is 19.4. The largest absolute Gasteiger partial charge is 0.435 e. The summed E-state index contributed by atoms with van der Waals surface area (Å²) >= 11 is 0. The van der Waals surface area contributed by atoms with E-state index in [0.717, 1.165) is 18.2 Å². The molecule has 1 N–H and O–H groups in total. The predicted octanol–water partition coefficient (Wildman–Crippen LogP) is 3.25. The van der Waals surface area contributed by atoms with Crippen LogP contribution in [0.5, 0.6) is 0 Å². The van der Waals surface area contributed by atoms with Gasteiger partial charge < -0.3 is 4.98 Å². The quantitative estimate of drug-likeness (QED) is 0.811. The Morgan fingerprint density at radius 2 is 1.89 bits per heavy atom. The standard InChI is InChI=1S/C11H4F5N3/c12-7-2-1-5(3-6(7)4-17)10-18-8(9(13)19-10)11(14,15)16/h1-3H,(H,18,19). The first-order valence-corrected chi connectivity index (χ1v) is 4.85. The third-order valence-electron chi connectivity index (χ3n) is 2.30. The van der Waals surface area contributed by atoms with E-state index in [4.69, 9.17) is 5.26 Å². The molecule has 98 valence electrons. The van der Waals surface area contributed by atoms with Gasteiger partial charge in [-0.05, 0) is 18.2 Å². The maximum absolute atomic E-state index is 13.1. The normalized spacial score (nSPS) is 11.4. The number of imidazole rings is 1. The summed E-state index contributed by atoms with van der Waals surface area (Å²) in [6.07, 6.45) is -4.91. The van der Waals surface area contributed by atoms with Crippen LogP contribution < -0.4 is 0 Å². The van der Waals surface area contributed by atoms with Crippen molar-refractivity contribution in [1.29, 1.82) is 5.26 Å². The molecule has 0 amide bonds. The Hall–Kier alpha value is -2.43. The van der Waals surface area contributed by atoms with E-state index in [1.165, 1.54) is 6.07 Å². The minimum Gasteiger partial charge on any atom is -0.332 e. The summed E-state index contributed by atoms with van der Waals surface area (Å²) in [4.78, 5) is 4.84. The lowest BCUT2D eigenvalue weighted by atomic mass is 10.1. The molecule has 0 spiro atoms. The molecule has 19 heavy (non-hydrogen) atoms. The summed E-state index contributed by atoms with van der Waals surface area (Å²) in [5.41, 5.74) is -2.01. The van der Waals surface area contributed by atoms with Gasteiger partial charge in [0.25, 0.3) is 0 Å². The predicted molar refractivity (Wildman–Crippen MR) is 53.7 cm³/mol. The number of rotatable bonds is 1. The molecule has 0 aliphatic carbocycles. The Bertz CT molecular complexity index is 666. The lowest BCUT2D eigenvalue weighted by Gasteiger charge is -2.02. The van der Waals surface area contributed by atoms with Crippen LogP contribution in [0, 0.1) is 23.1 Å². The number of H-pyrrole nitrogens is 1. The first-order chi connectivity index (χ1) is 8.82. The molecule has 3 nitrogen and oxygen atoms in total. The summed E-state index contributed by atoms with van der Waals surface area (Å²) in [7, 11) is 0. The van der Waals surface area contributed by atoms with Crippen LogP contribution in [-0.4, -0.2) is 9.97 Å². The average molecular weight is 273 g/mol. The highest BCUT2D eigenvalue weighted by Crippen LogP contribution is 2.31. The van der Waals surface area contributed by atoms with Crippen molar-refractivity contribution >= 4 is 0 Å². The van der Waals surface area contributed by atoms with Gasteiger partial charge in [0.15, 0.2) is 5.69 Å². The Labute approximate surface area is 103 Å². The number of nitrogens with zero attached hydrogens (tertiary/aromatic N) is 2. The third-order valence-corrected chi connectivity index (χ3v) is 2.30. The third kappa shape index (κ3) is 2.40. The molecule has 8 heteroatoms. The zero-order valence-electron chi connectivity index (χ0n) is 9.02. The van der Waals surface area contributed by atoms with E-state index in [1.807, 2.05) is 0 Å². The van der Waals surface area contributed by atoms with Gasteiger partial charge in [0, 0.05) is 5.56 Å². The number of aromatic nitrogens is 2. The van der Waals surface area contributed by atoms with Crippen LogP contribution in [0.15, 0.2) is 18.2 Å². The number of hydrogen-bond donors (Lipinski definition) is 1. The van der Waals surface area contributed by atoms with Crippen LogP contribution in [0.25, 0.3) is 11.4 Å². The molecule has 0 unspecified atom stereocenters. The second-order valence-electron chi connectivity index (χ2n) is 3.56. The molecule has 1 aromatic carbocycles. The van der Waals surface area contributed by atoms with Gasteiger partial charge >= 0.3 is 6.18 Å². The highest BCUT2D eigenvalue weighted by Gasteiger charge is 2.37. The molecule has 0 saturated carbocycles. The van der Waals surface area contributed by atoms with Crippen molar-refractivity contribution in [2.24, 2.45) is 0 Å². The zero-order valence-corrected chi connectivity index (χ0v) is 9.02. The monoisotopic (exact) mass is 273 g/mol. The van der Waals surface area contributed by atoms with Crippen molar-refractivity contribution in [2.45, 2.75) is 6.18 Å².